The van der Waals surface area contributed by atoms with E-state index in [-0.39, 0.29) is 0 Å². The molecule has 0 bridgehead atoms. The molecule has 0 amide bonds. The summed E-state index contributed by atoms with van der Waals surface area (Å²) in [5.74, 6) is 0. The van der Waals surface area contributed by atoms with E-state index in [0.29, 0.717) is 6.54 Å². The lowest BCUT2D eigenvalue weighted by Gasteiger charge is -2.13. The van der Waals surface area contributed by atoms with Gasteiger partial charge < -0.3 is 4.90 Å². The molecule has 0 N–H and O–H groups in total. The van der Waals surface area contributed by atoms with Crippen molar-refractivity contribution in [3.8, 4) is 0 Å². The van der Waals surface area contributed by atoms with Gasteiger partial charge >= 0.3 is 0 Å². The summed E-state index contributed by atoms with van der Waals surface area (Å²) < 4.78 is 0. The third-order valence-corrected chi connectivity index (χ3v) is 2.51. The van der Waals surface area contributed by atoms with Crippen molar-refractivity contribution in [2.24, 2.45) is 5.11 Å². The van der Waals surface area contributed by atoms with Gasteiger partial charge in [0, 0.05) is 29.4 Å². The van der Waals surface area contributed by atoms with Crippen LogP contribution in [0.5, 0.6) is 0 Å². The molecule has 0 saturated carbocycles. The lowest BCUT2D eigenvalue weighted by atomic mass is 10.4. The minimum atomic E-state index is 0.540. The molecule has 0 aliphatic rings. The maximum Gasteiger partial charge on any atom is 0.0385 e. The first kappa shape index (κ1) is 10.1. The predicted octanol–water partition coefficient (Wildman–Crippen LogP) is 2.49. The summed E-state index contributed by atoms with van der Waals surface area (Å²) in [5, 5.41) is 5.55. The number of hydrogen-bond acceptors (Lipinski definition) is 3. The molecular formula is C8H12N4S. The van der Waals surface area contributed by atoms with Gasteiger partial charge in [-0.3, -0.25) is 0 Å². The van der Waals surface area contributed by atoms with E-state index in [2.05, 4.69) is 26.4 Å². The van der Waals surface area contributed by atoms with Gasteiger partial charge in [0.25, 0.3) is 0 Å². The third-order valence-electron chi connectivity index (χ3n) is 1.65. The molecule has 0 aliphatic heterocycles. The van der Waals surface area contributed by atoms with Crippen molar-refractivity contribution in [3.05, 3.63) is 32.8 Å². The van der Waals surface area contributed by atoms with Crippen LogP contribution in [-0.4, -0.2) is 25.0 Å². The van der Waals surface area contributed by atoms with Gasteiger partial charge in [-0.05, 0) is 24.0 Å². The van der Waals surface area contributed by atoms with Crippen molar-refractivity contribution in [1.29, 1.82) is 0 Å². The molecule has 5 heteroatoms. The summed E-state index contributed by atoms with van der Waals surface area (Å²) in [5.41, 5.74) is 8.08. The fraction of sp³-hybridized carbons (Fsp3) is 0.500. The molecule has 0 fully saturated rings. The fourth-order valence-electron chi connectivity index (χ4n) is 1.01. The molecule has 1 aromatic heterocycles. The van der Waals surface area contributed by atoms with E-state index >= 15 is 0 Å². The van der Waals surface area contributed by atoms with E-state index in [9.17, 15) is 0 Å². The molecule has 0 aliphatic carbocycles. The zero-order valence-electron chi connectivity index (χ0n) is 7.55. The van der Waals surface area contributed by atoms with E-state index in [1.165, 1.54) is 4.88 Å². The highest BCUT2D eigenvalue weighted by molar-refractivity contribution is 7.09. The van der Waals surface area contributed by atoms with Crippen molar-refractivity contribution >= 4 is 11.3 Å². The van der Waals surface area contributed by atoms with Crippen LogP contribution in [0, 0.1) is 0 Å². The molecule has 0 aromatic carbocycles. The summed E-state index contributed by atoms with van der Waals surface area (Å²) in [6.45, 7) is 2.28. The van der Waals surface area contributed by atoms with Crippen molar-refractivity contribution in [1.82, 2.24) is 4.90 Å². The summed E-state index contributed by atoms with van der Waals surface area (Å²) in [6.07, 6.45) is 0. The molecule has 0 spiro atoms. The second-order valence-corrected chi connectivity index (χ2v) is 3.80. The second-order valence-electron chi connectivity index (χ2n) is 2.77. The lowest BCUT2D eigenvalue weighted by molar-refractivity contribution is 0.339. The number of rotatable bonds is 5. The van der Waals surface area contributed by atoms with Crippen LogP contribution in [0.3, 0.4) is 0 Å². The molecule has 4 nitrogen and oxygen atoms in total. The fourth-order valence-corrected chi connectivity index (χ4v) is 1.79. The SMILES string of the molecule is CN(CCN=[N+]=[N-])Cc1cccs1. The first-order valence-corrected chi connectivity index (χ1v) is 4.92. The monoisotopic (exact) mass is 196 g/mol. The van der Waals surface area contributed by atoms with E-state index in [1.807, 2.05) is 13.1 Å². The highest BCUT2D eigenvalue weighted by Crippen LogP contribution is 2.10. The van der Waals surface area contributed by atoms with Gasteiger partial charge in [-0.1, -0.05) is 11.2 Å². The van der Waals surface area contributed by atoms with Gasteiger partial charge in [-0.15, -0.1) is 11.3 Å². The molecule has 1 rings (SSSR count). The topological polar surface area (TPSA) is 52.0 Å². The zero-order valence-corrected chi connectivity index (χ0v) is 8.37. The van der Waals surface area contributed by atoms with Crippen LogP contribution in [0.2, 0.25) is 0 Å². The Balaban J connectivity index is 2.25. The Morgan fingerprint density at radius 3 is 3.15 bits per heavy atom. The van der Waals surface area contributed by atoms with Gasteiger partial charge in [0.2, 0.25) is 0 Å². The third kappa shape index (κ3) is 3.94. The Kier molecular flexibility index (Phi) is 4.32. The van der Waals surface area contributed by atoms with Gasteiger partial charge in [-0.25, -0.2) is 0 Å². The highest BCUT2D eigenvalue weighted by atomic mass is 32.1. The Labute approximate surface area is 81.4 Å². The summed E-state index contributed by atoms with van der Waals surface area (Å²) in [4.78, 5) is 6.18. The van der Waals surface area contributed by atoms with Crippen LogP contribution in [0.1, 0.15) is 4.88 Å². The zero-order chi connectivity index (χ0) is 9.52. The number of hydrogen-bond donors (Lipinski definition) is 0. The standard InChI is InChI=1S/C8H12N4S/c1-12(5-4-10-11-9)7-8-3-2-6-13-8/h2-3,6H,4-5,7H2,1H3. The lowest BCUT2D eigenvalue weighted by Crippen LogP contribution is -2.20. The molecule has 0 unspecified atom stereocenters. The average Bonchev–Trinajstić information content (AvgIpc) is 2.57. The van der Waals surface area contributed by atoms with Crippen LogP contribution in [0.25, 0.3) is 10.4 Å². The van der Waals surface area contributed by atoms with E-state index in [1.54, 1.807) is 11.3 Å². The Hall–Kier alpha value is -1.03. The van der Waals surface area contributed by atoms with Crippen LogP contribution in [0.15, 0.2) is 22.6 Å². The number of azide groups is 1. The molecule has 0 saturated heterocycles. The molecule has 70 valence electrons. The number of nitrogens with zero attached hydrogens (tertiary/aromatic N) is 4. The number of likely N-dealkylation sites (N-methyl/N-ethyl adjacent to an activating group) is 1. The molecule has 1 heterocycles. The van der Waals surface area contributed by atoms with E-state index in [4.69, 9.17) is 5.53 Å². The first-order valence-electron chi connectivity index (χ1n) is 4.04. The van der Waals surface area contributed by atoms with E-state index in [0.717, 1.165) is 13.1 Å². The molecule has 13 heavy (non-hydrogen) atoms. The van der Waals surface area contributed by atoms with Gasteiger partial charge in [0.1, 0.15) is 0 Å². The highest BCUT2D eigenvalue weighted by Gasteiger charge is 1.99. The van der Waals surface area contributed by atoms with Crippen LogP contribution >= 0.6 is 11.3 Å². The Bertz CT molecular complexity index is 276. The van der Waals surface area contributed by atoms with Gasteiger partial charge in [0.15, 0.2) is 0 Å². The van der Waals surface area contributed by atoms with E-state index < -0.39 is 0 Å². The second kappa shape index (κ2) is 5.59. The van der Waals surface area contributed by atoms with Gasteiger partial charge in [0.05, 0.1) is 0 Å². The van der Waals surface area contributed by atoms with Crippen molar-refractivity contribution in [3.63, 3.8) is 0 Å². The molecule has 0 radical (unpaired) electrons. The van der Waals surface area contributed by atoms with Crippen LogP contribution < -0.4 is 0 Å². The minimum Gasteiger partial charge on any atom is -0.301 e. The normalized spacial score (nSPS) is 10.0. The number of thiophene rings is 1. The van der Waals surface area contributed by atoms with Crippen molar-refractivity contribution in [2.75, 3.05) is 20.1 Å². The van der Waals surface area contributed by atoms with Crippen molar-refractivity contribution in [2.45, 2.75) is 6.54 Å². The van der Waals surface area contributed by atoms with Crippen LogP contribution in [0.4, 0.5) is 0 Å². The van der Waals surface area contributed by atoms with Crippen molar-refractivity contribution < 1.29 is 0 Å². The maximum absolute atomic E-state index is 8.08. The summed E-state index contributed by atoms with van der Waals surface area (Å²) in [7, 11) is 2.02. The Morgan fingerprint density at radius 1 is 1.69 bits per heavy atom. The Morgan fingerprint density at radius 2 is 2.54 bits per heavy atom. The molecular weight excluding hydrogens is 184 g/mol. The predicted molar refractivity (Wildman–Crippen MR) is 54.7 cm³/mol. The molecule has 1 aromatic rings. The first-order chi connectivity index (χ1) is 6.33. The maximum atomic E-state index is 8.08. The smallest absolute Gasteiger partial charge is 0.0385 e. The summed E-state index contributed by atoms with van der Waals surface area (Å²) >= 11 is 1.75. The molecule has 0 atom stereocenters. The summed E-state index contributed by atoms with van der Waals surface area (Å²) in [6, 6.07) is 4.15. The minimum absolute atomic E-state index is 0.540. The average molecular weight is 196 g/mol. The quantitative estimate of drug-likeness (QED) is 0.405. The van der Waals surface area contributed by atoms with Gasteiger partial charge in [-0.2, -0.15) is 0 Å². The largest absolute Gasteiger partial charge is 0.301 e. The van der Waals surface area contributed by atoms with Crippen LogP contribution in [-0.2, 0) is 6.54 Å².